The van der Waals surface area contributed by atoms with Crippen molar-refractivity contribution in [3.8, 4) is 0 Å². The molecule has 2 heterocycles. The molecule has 0 spiro atoms. The van der Waals surface area contributed by atoms with Crippen LogP contribution in [0.4, 0.5) is 5.69 Å². The van der Waals surface area contributed by atoms with Crippen LogP contribution in [0, 0.1) is 13.8 Å². The van der Waals surface area contributed by atoms with Gasteiger partial charge in [-0.1, -0.05) is 135 Å². The lowest BCUT2D eigenvalue weighted by atomic mass is 9.90. The van der Waals surface area contributed by atoms with Crippen molar-refractivity contribution in [2.24, 2.45) is 4.99 Å². The maximum absolute atomic E-state index is 12.3. The average Bonchev–Trinajstić information content (AvgIpc) is 4.18. The Hall–Kier alpha value is -6.03. The van der Waals surface area contributed by atoms with Gasteiger partial charge in [0.15, 0.2) is 0 Å². The Morgan fingerprint density at radius 1 is 0.904 bits per heavy atom. The number of benzene rings is 2. The number of carboxylic acid groups (broad SMARTS) is 1. The van der Waals surface area contributed by atoms with Crippen molar-refractivity contribution < 1.29 is 34.1 Å². The van der Waals surface area contributed by atoms with Crippen molar-refractivity contribution in [1.82, 2.24) is 25.4 Å². The molecule has 83 heavy (non-hydrogen) atoms. The number of methoxy groups -OCH3 is 1. The molecule has 1 aliphatic rings. The van der Waals surface area contributed by atoms with Gasteiger partial charge in [-0.3, -0.25) is 19.1 Å². The van der Waals surface area contributed by atoms with E-state index >= 15 is 0 Å². The number of aliphatic imine (C=N–C) groups is 1. The number of rotatable bonds is 24. The van der Waals surface area contributed by atoms with Crippen LogP contribution in [0.2, 0.25) is 5.02 Å². The zero-order chi connectivity index (χ0) is 64.5. The number of nitrogens with one attached hydrogen (secondary N) is 3. The van der Waals surface area contributed by atoms with Gasteiger partial charge < -0.3 is 40.4 Å². The summed E-state index contributed by atoms with van der Waals surface area (Å²) in [6, 6.07) is 14.0. The lowest BCUT2D eigenvalue weighted by Gasteiger charge is -2.21. The lowest BCUT2D eigenvalue weighted by molar-refractivity contribution is -0.136. The molecular formula is C68H112ClN7O7. The third-order valence-corrected chi connectivity index (χ3v) is 12.5. The Morgan fingerprint density at radius 3 is 1.94 bits per heavy atom. The van der Waals surface area contributed by atoms with Gasteiger partial charge in [0.05, 0.1) is 12.5 Å². The summed E-state index contributed by atoms with van der Waals surface area (Å²) in [5.41, 5.74) is 13.2. The first-order valence-electron chi connectivity index (χ1n) is 29.5. The number of carbonyl (C=O) groups is 3. The number of hydrogen-bond acceptors (Lipinski definition) is 11. The van der Waals surface area contributed by atoms with Crippen LogP contribution < -0.4 is 16.0 Å². The third kappa shape index (κ3) is 35.0. The fourth-order valence-corrected chi connectivity index (χ4v) is 8.20. The van der Waals surface area contributed by atoms with Crippen LogP contribution in [-0.2, 0) is 23.9 Å². The van der Waals surface area contributed by atoms with Crippen LogP contribution in [0.3, 0.4) is 0 Å². The number of aromatic nitrogens is 3. The number of aryl methyl sites for hydroxylation is 2. The molecule has 1 atom stereocenters. The monoisotopic (exact) mass is 1170 g/mol. The number of anilines is 1. The van der Waals surface area contributed by atoms with E-state index in [2.05, 4.69) is 116 Å². The summed E-state index contributed by atoms with van der Waals surface area (Å²) >= 11 is 6.10. The zero-order valence-electron chi connectivity index (χ0n) is 55.1. The second-order valence-electron chi connectivity index (χ2n) is 19.0. The van der Waals surface area contributed by atoms with Gasteiger partial charge in [-0.25, -0.2) is 0 Å². The van der Waals surface area contributed by atoms with Gasteiger partial charge >= 0.3 is 5.97 Å². The average molecular weight is 1180 g/mol. The van der Waals surface area contributed by atoms with Crippen molar-refractivity contribution >= 4 is 59.0 Å². The van der Waals surface area contributed by atoms with Crippen molar-refractivity contribution in [2.45, 2.75) is 188 Å². The molecule has 14 nitrogen and oxygen atoms in total. The Kier molecular flexibility index (Phi) is 53.0. The van der Waals surface area contributed by atoms with Crippen LogP contribution in [0.25, 0.3) is 16.8 Å². The predicted molar refractivity (Wildman–Crippen MR) is 358 cm³/mol. The van der Waals surface area contributed by atoms with E-state index in [0.29, 0.717) is 29.7 Å². The second-order valence-corrected chi connectivity index (χ2v) is 19.5. The third-order valence-electron chi connectivity index (χ3n) is 12.2. The first-order chi connectivity index (χ1) is 39.7. The maximum Gasteiger partial charge on any atom is 0.307 e. The summed E-state index contributed by atoms with van der Waals surface area (Å²) in [7, 11) is 4.43. The highest BCUT2D eigenvalue weighted by molar-refractivity contribution is 6.30. The molecule has 1 saturated heterocycles. The van der Waals surface area contributed by atoms with Gasteiger partial charge in [0.2, 0.25) is 5.91 Å². The number of hydrogen-bond donors (Lipinski definition) is 5. The number of nitrogens with zero attached hydrogens (tertiary/aromatic N) is 4. The predicted octanol–water partition coefficient (Wildman–Crippen LogP) is 16.4. The van der Waals surface area contributed by atoms with Crippen LogP contribution in [0.15, 0.2) is 112 Å². The lowest BCUT2D eigenvalue weighted by Crippen LogP contribution is -2.31. The number of allylic oxidation sites excluding steroid dienone is 11. The van der Waals surface area contributed by atoms with Crippen molar-refractivity contribution in [2.75, 3.05) is 59.4 Å². The number of piperidine rings is 1. The maximum atomic E-state index is 12.3. The van der Waals surface area contributed by atoms with Crippen molar-refractivity contribution in [1.29, 1.82) is 0 Å². The Labute approximate surface area is 508 Å². The molecule has 0 unspecified atom stereocenters. The van der Waals surface area contributed by atoms with Gasteiger partial charge in [0.25, 0.3) is 0 Å². The van der Waals surface area contributed by atoms with E-state index in [1.165, 1.54) is 18.4 Å². The first-order valence-corrected chi connectivity index (χ1v) is 29.9. The van der Waals surface area contributed by atoms with Gasteiger partial charge in [0.1, 0.15) is 18.4 Å². The molecule has 1 aromatic heterocycles. The molecule has 0 saturated carbocycles. The summed E-state index contributed by atoms with van der Waals surface area (Å²) in [5.74, 6) is 0.629. The standard InChI is InChI=1S/C26H35ClN4O.C24H32N2O2.C6H13NO.C6H14O.2C2H6.CH4O.CH2O/c1-9-14-28-24(32)15-17(4)26-30-29-21(8)31(26)20(7)25(18(5)16(2)3)19(6)22-10-12-23(27)13-11-22;1-7-9-19(5)26-22-11-12-23(18(4)14-22)20(10-8-2)13-17(3)21(16-25-6)15-24(27)28;1-8-6-2-4-7-5-3-6;1-3-5-7-6-4-2;4*1-2/h10-13,17H,6,9,14-15H2,1-5,7-8H3,(H,28,32);8,10-14,16,26H,5,7,9,15H2,1-4,6H3,(H,27,28);6-7H,2-5H2,1H3;3-6H2,1-2H3;2*1-2H3;2H,1H3;1H2/b25-20-;10-8-,20-13+,21-17+,25-16?;;;;;;/t17-;;;;;;;/m0......./s1. The van der Waals surface area contributed by atoms with E-state index in [9.17, 15) is 9.59 Å². The summed E-state index contributed by atoms with van der Waals surface area (Å²) in [5, 5.41) is 35.2. The molecule has 2 aromatic carbocycles. The number of carbonyl (C=O) groups excluding carboxylic acids is 2. The van der Waals surface area contributed by atoms with Crippen molar-refractivity contribution in [3.63, 3.8) is 0 Å². The summed E-state index contributed by atoms with van der Waals surface area (Å²) in [4.78, 5) is 35.5. The number of amides is 1. The summed E-state index contributed by atoms with van der Waals surface area (Å²) in [6.07, 6.45) is 16.0. The minimum atomic E-state index is -0.867. The molecule has 0 aliphatic carbocycles. The molecular weight excluding hydrogens is 1060 g/mol. The van der Waals surface area contributed by atoms with Gasteiger partial charge in [-0.05, 0) is 176 Å². The summed E-state index contributed by atoms with van der Waals surface area (Å²) in [6.45, 7) is 49.9. The largest absolute Gasteiger partial charge is 0.481 e. The van der Waals surface area contributed by atoms with Crippen LogP contribution >= 0.6 is 11.6 Å². The van der Waals surface area contributed by atoms with Gasteiger partial charge in [-0.2, -0.15) is 0 Å². The smallest absolute Gasteiger partial charge is 0.307 e. The van der Waals surface area contributed by atoms with Gasteiger partial charge in [-0.15, -0.1) is 10.2 Å². The first kappa shape index (κ1) is 83.4. The topological polar surface area (TPSA) is 189 Å². The Bertz CT molecular complexity index is 2450. The minimum absolute atomic E-state index is 0.0273. The highest BCUT2D eigenvalue weighted by atomic mass is 35.5. The Morgan fingerprint density at radius 2 is 1.48 bits per heavy atom. The molecule has 1 amide bonds. The normalized spacial score (nSPS) is 12.7. The highest BCUT2D eigenvalue weighted by Gasteiger charge is 2.23. The van der Waals surface area contributed by atoms with E-state index in [1.807, 2.05) is 118 Å². The fraction of sp³-hybridized carbons (Fsp3) is 0.529. The molecule has 15 heteroatoms. The number of carboxylic acids is 1. The van der Waals surface area contributed by atoms with E-state index in [1.54, 1.807) is 20.4 Å². The molecule has 1 aliphatic heterocycles. The molecule has 0 bridgehead atoms. The number of halogens is 1. The molecule has 468 valence electrons. The van der Waals surface area contributed by atoms with E-state index in [0.717, 1.165) is 139 Å². The molecule has 0 radical (unpaired) electrons. The molecule has 3 aromatic rings. The second kappa shape index (κ2) is 52.7. The Balaban J connectivity index is -0.000000550. The van der Waals surface area contributed by atoms with Crippen LogP contribution in [-0.4, -0.2) is 110 Å². The van der Waals surface area contributed by atoms with Gasteiger partial charge in [0, 0.05) is 87.3 Å². The minimum Gasteiger partial charge on any atom is -0.481 e. The van der Waals surface area contributed by atoms with Crippen LogP contribution in [0.5, 0.6) is 0 Å². The van der Waals surface area contributed by atoms with Crippen molar-refractivity contribution in [3.05, 3.63) is 141 Å². The SMILES string of the molecule is C=C(/C(C(C)=C(C)C)=C(/C)n1c(C)nnc1[C@@H](C)CC(=O)NCCC)c1ccc(Cl)cc1.C=C(CCC)Nc1ccc(C(/C=C\C)=C/C(C)=C(/C=NC)CC(=O)O)c(C)c1.C=O.CC.CC.CCCOCCC.CO.COC1CCNCC1. The number of aliphatic carboxylic acids is 1. The number of ether oxygens (including phenoxy) is 2. The van der Waals surface area contributed by atoms with E-state index < -0.39 is 5.97 Å². The number of aliphatic hydroxyl groups excluding tert-OH is 1. The molecule has 1 fully saturated rings. The quantitative estimate of drug-likeness (QED) is 0.0326. The summed E-state index contributed by atoms with van der Waals surface area (Å²) < 4.78 is 12.3. The fourth-order valence-electron chi connectivity index (χ4n) is 8.07. The zero-order valence-corrected chi connectivity index (χ0v) is 55.9. The van der Waals surface area contributed by atoms with E-state index in [-0.39, 0.29) is 18.2 Å². The highest BCUT2D eigenvalue weighted by Crippen LogP contribution is 2.35. The van der Waals surface area contributed by atoms with Crippen LogP contribution in [0.1, 0.15) is 196 Å². The van der Waals surface area contributed by atoms with E-state index in [4.69, 9.17) is 36.1 Å². The molecule has 4 rings (SSSR count). The number of aliphatic hydroxyl groups is 1. The molecule has 5 N–H and O–H groups in total.